The van der Waals surface area contributed by atoms with Crippen LogP contribution in [0.4, 0.5) is 5.69 Å². The lowest BCUT2D eigenvalue weighted by Gasteiger charge is -2.35. The third kappa shape index (κ3) is 2.25. The van der Waals surface area contributed by atoms with Crippen molar-refractivity contribution in [1.82, 2.24) is 15.5 Å². The molecule has 2 heterocycles. The number of aliphatic carboxylic acids is 1. The molecule has 0 spiro atoms. The number of carbonyl (C=O) groups is 1. The number of nitrogens with zero attached hydrogens (tertiary/aromatic N) is 2. The lowest BCUT2D eigenvalue weighted by molar-refractivity contribution is -0.138. The minimum absolute atomic E-state index is 0.0341. The van der Waals surface area contributed by atoms with Gasteiger partial charge in [0.25, 0.3) is 5.56 Å². The molecular formula is C9H11ClN4O3. The maximum atomic E-state index is 11.3. The van der Waals surface area contributed by atoms with E-state index < -0.39 is 17.6 Å². The van der Waals surface area contributed by atoms with Crippen LogP contribution in [0.15, 0.2) is 11.0 Å². The predicted molar refractivity (Wildman–Crippen MR) is 61.5 cm³/mol. The largest absolute Gasteiger partial charge is 0.480 e. The Bertz CT molecular complexity index is 489. The number of halogens is 1. The van der Waals surface area contributed by atoms with Gasteiger partial charge in [-0.15, -0.1) is 0 Å². The number of aromatic nitrogens is 2. The summed E-state index contributed by atoms with van der Waals surface area (Å²) in [5, 5.41) is 17.9. The molecule has 0 saturated carbocycles. The molecule has 3 N–H and O–H groups in total. The summed E-state index contributed by atoms with van der Waals surface area (Å²) in [5.74, 6) is -0.964. The topological polar surface area (TPSA) is 98.3 Å². The van der Waals surface area contributed by atoms with E-state index in [9.17, 15) is 9.59 Å². The van der Waals surface area contributed by atoms with Crippen LogP contribution in [0, 0.1) is 0 Å². The Labute approximate surface area is 101 Å². The lowest BCUT2D eigenvalue weighted by Crippen LogP contribution is -2.55. The highest BCUT2D eigenvalue weighted by Crippen LogP contribution is 2.23. The minimum atomic E-state index is -0.964. The fraction of sp³-hybridized carbons (Fsp3) is 0.444. The number of hydrogen-bond donors (Lipinski definition) is 3. The van der Waals surface area contributed by atoms with Crippen molar-refractivity contribution in [2.24, 2.45) is 0 Å². The molecule has 1 aromatic heterocycles. The maximum Gasteiger partial charge on any atom is 0.327 e. The van der Waals surface area contributed by atoms with E-state index in [1.165, 1.54) is 6.20 Å². The first-order valence-corrected chi connectivity index (χ1v) is 5.42. The van der Waals surface area contributed by atoms with Crippen molar-refractivity contribution in [3.63, 3.8) is 0 Å². The number of piperazine rings is 1. The van der Waals surface area contributed by atoms with Crippen LogP contribution in [-0.2, 0) is 4.79 Å². The smallest absolute Gasteiger partial charge is 0.327 e. The van der Waals surface area contributed by atoms with Crippen LogP contribution < -0.4 is 15.8 Å². The van der Waals surface area contributed by atoms with Crippen molar-refractivity contribution in [2.75, 3.05) is 24.5 Å². The van der Waals surface area contributed by atoms with Gasteiger partial charge in [-0.2, -0.15) is 5.10 Å². The molecule has 0 aliphatic carbocycles. The van der Waals surface area contributed by atoms with Gasteiger partial charge >= 0.3 is 5.97 Å². The van der Waals surface area contributed by atoms with Gasteiger partial charge in [-0.3, -0.25) is 4.79 Å². The maximum absolute atomic E-state index is 11.3. The van der Waals surface area contributed by atoms with Gasteiger partial charge < -0.3 is 15.3 Å². The molecule has 8 heteroatoms. The molecule has 0 aromatic carbocycles. The van der Waals surface area contributed by atoms with Crippen molar-refractivity contribution in [3.05, 3.63) is 21.6 Å². The zero-order valence-corrected chi connectivity index (χ0v) is 9.57. The van der Waals surface area contributed by atoms with Gasteiger partial charge in [0.15, 0.2) is 0 Å². The van der Waals surface area contributed by atoms with Crippen molar-refractivity contribution < 1.29 is 9.90 Å². The highest BCUT2D eigenvalue weighted by atomic mass is 35.5. The molecule has 7 nitrogen and oxygen atoms in total. The van der Waals surface area contributed by atoms with Crippen LogP contribution in [0.2, 0.25) is 5.02 Å². The standard InChI is InChI=1S/C9H11ClN4O3/c10-7-5(4-12-13-8(7)15)14-2-1-11-3-6(14)9(16)17/h4,6,11H,1-3H2,(H,13,15)(H,16,17). The van der Waals surface area contributed by atoms with Gasteiger partial charge in [0.05, 0.1) is 11.9 Å². The Hall–Kier alpha value is -1.60. The van der Waals surface area contributed by atoms with E-state index in [1.54, 1.807) is 4.90 Å². The van der Waals surface area contributed by atoms with Crippen molar-refractivity contribution in [1.29, 1.82) is 0 Å². The third-order valence-electron chi connectivity index (χ3n) is 2.62. The van der Waals surface area contributed by atoms with E-state index in [2.05, 4.69) is 15.5 Å². The van der Waals surface area contributed by atoms with Crippen LogP contribution in [0.5, 0.6) is 0 Å². The SMILES string of the molecule is O=C(O)C1CNCCN1c1cn[nH]c(=O)c1Cl. The van der Waals surface area contributed by atoms with E-state index in [-0.39, 0.29) is 5.02 Å². The Morgan fingerprint density at radius 3 is 3.12 bits per heavy atom. The number of carboxylic acid groups (broad SMARTS) is 1. The average molecular weight is 259 g/mol. The van der Waals surface area contributed by atoms with Gasteiger partial charge in [-0.25, -0.2) is 9.89 Å². The first-order valence-electron chi connectivity index (χ1n) is 5.04. The molecule has 1 aromatic rings. The first kappa shape index (κ1) is 11.9. The fourth-order valence-corrected chi connectivity index (χ4v) is 1.99. The van der Waals surface area contributed by atoms with Crippen molar-refractivity contribution in [3.8, 4) is 0 Å². The Morgan fingerprint density at radius 1 is 1.65 bits per heavy atom. The third-order valence-corrected chi connectivity index (χ3v) is 2.98. The number of rotatable bonds is 2. The van der Waals surface area contributed by atoms with Crippen LogP contribution in [0.1, 0.15) is 0 Å². The number of nitrogens with one attached hydrogen (secondary N) is 2. The van der Waals surface area contributed by atoms with Crippen LogP contribution in [0.3, 0.4) is 0 Å². The number of anilines is 1. The highest BCUT2D eigenvalue weighted by molar-refractivity contribution is 6.33. The van der Waals surface area contributed by atoms with Crippen LogP contribution in [-0.4, -0.2) is 46.9 Å². The number of aromatic amines is 1. The second-order valence-corrected chi connectivity index (χ2v) is 4.03. The van der Waals surface area contributed by atoms with Crippen molar-refractivity contribution in [2.45, 2.75) is 6.04 Å². The second-order valence-electron chi connectivity index (χ2n) is 3.65. The first-order chi connectivity index (χ1) is 8.11. The zero-order valence-electron chi connectivity index (χ0n) is 8.81. The Balaban J connectivity index is 2.39. The Morgan fingerprint density at radius 2 is 2.41 bits per heavy atom. The normalized spacial score (nSPS) is 20.3. The Kier molecular flexibility index (Phi) is 3.30. The zero-order chi connectivity index (χ0) is 12.4. The molecule has 1 atom stereocenters. The average Bonchev–Trinajstić information content (AvgIpc) is 2.33. The summed E-state index contributed by atoms with van der Waals surface area (Å²) in [6.45, 7) is 1.40. The summed E-state index contributed by atoms with van der Waals surface area (Å²) < 4.78 is 0. The molecule has 1 fully saturated rings. The molecule has 17 heavy (non-hydrogen) atoms. The second kappa shape index (κ2) is 4.72. The molecule has 1 unspecified atom stereocenters. The van der Waals surface area contributed by atoms with Gasteiger partial charge in [-0.1, -0.05) is 11.6 Å². The lowest BCUT2D eigenvalue weighted by atomic mass is 10.2. The predicted octanol–water partition coefficient (Wildman–Crippen LogP) is -0.714. The molecule has 1 aliphatic heterocycles. The summed E-state index contributed by atoms with van der Waals surface area (Å²) in [4.78, 5) is 24.0. The van der Waals surface area contributed by atoms with E-state index in [0.717, 1.165) is 0 Å². The monoisotopic (exact) mass is 258 g/mol. The summed E-state index contributed by atoms with van der Waals surface area (Å²) in [6, 6.07) is -0.746. The summed E-state index contributed by atoms with van der Waals surface area (Å²) in [5.41, 5.74) is -0.170. The summed E-state index contributed by atoms with van der Waals surface area (Å²) >= 11 is 5.86. The molecule has 0 bridgehead atoms. The van der Waals surface area contributed by atoms with Crippen LogP contribution in [0.25, 0.3) is 0 Å². The molecule has 1 saturated heterocycles. The highest BCUT2D eigenvalue weighted by Gasteiger charge is 2.30. The van der Waals surface area contributed by atoms with E-state index in [1.807, 2.05) is 0 Å². The quantitative estimate of drug-likeness (QED) is 0.648. The van der Waals surface area contributed by atoms with E-state index in [0.29, 0.717) is 25.3 Å². The molecule has 0 radical (unpaired) electrons. The van der Waals surface area contributed by atoms with E-state index in [4.69, 9.17) is 16.7 Å². The van der Waals surface area contributed by atoms with Gasteiger partial charge in [0.1, 0.15) is 11.1 Å². The number of hydrogen-bond acceptors (Lipinski definition) is 5. The van der Waals surface area contributed by atoms with Gasteiger partial charge in [-0.05, 0) is 0 Å². The van der Waals surface area contributed by atoms with Gasteiger partial charge in [0.2, 0.25) is 0 Å². The molecule has 1 aliphatic rings. The van der Waals surface area contributed by atoms with E-state index >= 15 is 0 Å². The molecular weight excluding hydrogens is 248 g/mol. The van der Waals surface area contributed by atoms with Crippen LogP contribution >= 0.6 is 11.6 Å². The summed E-state index contributed by atoms with van der Waals surface area (Å²) in [6.07, 6.45) is 1.37. The minimum Gasteiger partial charge on any atom is -0.480 e. The molecule has 92 valence electrons. The molecule has 0 amide bonds. The van der Waals surface area contributed by atoms with Gasteiger partial charge in [0, 0.05) is 19.6 Å². The molecule has 2 rings (SSSR count). The summed E-state index contributed by atoms with van der Waals surface area (Å²) in [7, 11) is 0. The van der Waals surface area contributed by atoms with Crippen molar-refractivity contribution >= 4 is 23.3 Å². The number of carboxylic acids is 1. The number of H-pyrrole nitrogens is 1. The fourth-order valence-electron chi connectivity index (χ4n) is 1.79.